The van der Waals surface area contributed by atoms with E-state index in [0.717, 1.165) is 32.3 Å². The number of aldehydes is 1. The maximum Gasteiger partial charge on any atom is 0.120 e. The molecule has 2 heteroatoms. The molecule has 1 unspecified atom stereocenters. The summed E-state index contributed by atoms with van der Waals surface area (Å²) in [6.07, 6.45) is 3.84. The first-order valence-corrected chi connectivity index (χ1v) is 6.39. The fraction of sp³-hybridized carbons (Fsp3) is 0.533. The van der Waals surface area contributed by atoms with Crippen LogP contribution in [0.15, 0.2) is 24.3 Å². The Morgan fingerprint density at radius 1 is 1.41 bits per heavy atom. The maximum atomic E-state index is 10.9. The zero-order valence-electron chi connectivity index (χ0n) is 10.4. The summed E-state index contributed by atoms with van der Waals surface area (Å²) >= 11 is 0. The molecule has 1 aliphatic rings. The number of hydrogen-bond acceptors (Lipinski definition) is 2. The van der Waals surface area contributed by atoms with Crippen molar-refractivity contribution in [2.45, 2.75) is 32.1 Å². The van der Waals surface area contributed by atoms with Crippen LogP contribution in [0.1, 0.15) is 36.3 Å². The highest BCUT2D eigenvalue weighted by Crippen LogP contribution is 2.34. The highest BCUT2D eigenvalue weighted by Gasteiger charge is 2.25. The van der Waals surface area contributed by atoms with Gasteiger partial charge in [-0.2, -0.15) is 0 Å². The van der Waals surface area contributed by atoms with Crippen molar-refractivity contribution in [2.75, 3.05) is 13.2 Å². The van der Waals surface area contributed by atoms with Gasteiger partial charge in [-0.15, -0.1) is 0 Å². The van der Waals surface area contributed by atoms with Crippen molar-refractivity contribution < 1.29 is 9.53 Å². The predicted molar refractivity (Wildman–Crippen MR) is 68.1 cm³/mol. The number of hydrogen-bond donors (Lipinski definition) is 0. The molecule has 92 valence electrons. The first kappa shape index (κ1) is 12.3. The fourth-order valence-corrected chi connectivity index (χ4v) is 2.72. The summed E-state index contributed by atoms with van der Waals surface area (Å²) in [5, 5.41) is 0. The molecule has 0 saturated carbocycles. The molecular weight excluding hydrogens is 212 g/mol. The number of aryl methyl sites for hydroxylation is 1. The van der Waals surface area contributed by atoms with Crippen molar-refractivity contribution >= 4 is 6.29 Å². The van der Waals surface area contributed by atoms with E-state index < -0.39 is 0 Å². The van der Waals surface area contributed by atoms with E-state index in [-0.39, 0.29) is 0 Å². The van der Waals surface area contributed by atoms with Gasteiger partial charge in [0.05, 0.1) is 0 Å². The molecule has 0 radical (unpaired) electrons. The lowest BCUT2D eigenvalue weighted by molar-refractivity contribution is -0.108. The van der Waals surface area contributed by atoms with Gasteiger partial charge in [0.15, 0.2) is 0 Å². The van der Waals surface area contributed by atoms with Crippen LogP contribution in [0.25, 0.3) is 0 Å². The van der Waals surface area contributed by atoms with E-state index in [2.05, 4.69) is 31.2 Å². The van der Waals surface area contributed by atoms with Gasteiger partial charge in [0, 0.05) is 19.6 Å². The number of carbonyl (C=O) groups excluding carboxylic acids is 1. The van der Waals surface area contributed by atoms with Crippen LogP contribution in [-0.2, 0) is 9.53 Å². The van der Waals surface area contributed by atoms with Crippen LogP contribution in [0.5, 0.6) is 0 Å². The molecule has 1 saturated heterocycles. The Labute approximate surface area is 103 Å². The molecule has 1 atom stereocenters. The number of benzene rings is 1. The van der Waals surface area contributed by atoms with Gasteiger partial charge in [-0.1, -0.05) is 29.8 Å². The van der Waals surface area contributed by atoms with E-state index in [1.807, 2.05) is 0 Å². The highest BCUT2D eigenvalue weighted by molar-refractivity contribution is 5.52. The van der Waals surface area contributed by atoms with E-state index in [4.69, 9.17) is 4.74 Å². The van der Waals surface area contributed by atoms with Crippen molar-refractivity contribution in [2.24, 2.45) is 5.92 Å². The third-order valence-electron chi connectivity index (χ3n) is 3.66. The number of rotatable bonds is 4. The van der Waals surface area contributed by atoms with Crippen molar-refractivity contribution in [3.8, 4) is 0 Å². The van der Waals surface area contributed by atoms with Crippen molar-refractivity contribution in [1.82, 2.24) is 0 Å². The molecular formula is C15H20O2. The topological polar surface area (TPSA) is 26.3 Å². The summed E-state index contributed by atoms with van der Waals surface area (Å²) in [7, 11) is 0. The Kier molecular flexibility index (Phi) is 4.32. The first-order valence-electron chi connectivity index (χ1n) is 6.39. The Bertz CT molecular complexity index is 367. The Morgan fingerprint density at radius 2 is 2.18 bits per heavy atom. The van der Waals surface area contributed by atoms with Crippen LogP contribution >= 0.6 is 0 Å². The molecule has 17 heavy (non-hydrogen) atoms. The number of ether oxygens (including phenoxy) is 1. The largest absolute Gasteiger partial charge is 0.381 e. The molecule has 1 aromatic rings. The zero-order chi connectivity index (χ0) is 12.1. The summed E-state index contributed by atoms with van der Waals surface area (Å²) in [6, 6.07) is 8.55. The van der Waals surface area contributed by atoms with Crippen molar-refractivity contribution in [1.29, 1.82) is 0 Å². The molecule has 1 heterocycles. The molecule has 0 spiro atoms. The molecule has 2 rings (SSSR count). The third kappa shape index (κ3) is 3.16. The second kappa shape index (κ2) is 5.97. The SMILES string of the molecule is Cc1cccc(C(CC=O)C2CCOCC2)c1. The van der Waals surface area contributed by atoms with Gasteiger partial charge in [-0.25, -0.2) is 0 Å². The van der Waals surface area contributed by atoms with Crippen LogP contribution in [0.2, 0.25) is 0 Å². The first-order chi connectivity index (χ1) is 8.31. The molecule has 2 nitrogen and oxygen atoms in total. The van der Waals surface area contributed by atoms with Gasteiger partial charge in [0.1, 0.15) is 6.29 Å². The highest BCUT2D eigenvalue weighted by atomic mass is 16.5. The zero-order valence-corrected chi connectivity index (χ0v) is 10.4. The molecule has 0 N–H and O–H groups in total. The minimum absolute atomic E-state index is 0.372. The van der Waals surface area contributed by atoms with E-state index in [9.17, 15) is 4.79 Å². The third-order valence-corrected chi connectivity index (χ3v) is 3.66. The second-order valence-electron chi connectivity index (χ2n) is 4.87. The molecule has 0 aliphatic carbocycles. The fourth-order valence-electron chi connectivity index (χ4n) is 2.72. The Balaban J connectivity index is 2.18. The average molecular weight is 232 g/mol. The molecule has 1 aromatic carbocycles. The average Bonchev–Trinajstić information content (AvgIpc) is 2.37. The summed E-state index contributed by atoms with van der Waals surface area (Å²) in [6.45, 7) is 3.78. The van der Waals surface area contributed by atoms with E-state index >= 15 is 0 Å². The summed E-state index contributed by atoms with van der Waals surface area (Å²) in [5.74, 6) is 0.965. The van der Waals surface area contributed by atoms with Crippen molar-refractivity contribution in [3.05, 3.63) is 35.4 Å². The summed E-state index contributed by atoms with van der Waals surface area (Å²) < 4.78 is 5.40. The van der Waals surface area contributed by atoms with Crippen LogP contribution in [0.4, 0.5) is 0 Å². The Morgan fingerprint density at radius 3 is 2.82 bits per heavy atom. The summed E-state index contributed by atoms with van der Waals surface area (Å²) in [5.41, 5.74) is 2.58. The Hall–Kier alpha value is -1.15. The summed E-state index contributed by atoms with van der Waals surface area (Å²) in [4.78, 5) is 10.9. The lowest BCUT2D eigenvalue weighted by atomic mass is 9.79. The normalized spacial score (nSPS) is 18.9. The minimum Gasteiger partial charge on any atom is -0.381 e. The predicted octanol–water partition coefficient (Wildman–Crippen LogP) is 3.09. The second-order valence-corrected chi connectivity index (χ2v) is 4.87. The van der Waals surface area contributed by atoms with Gasteiger partial charge in [-0.05, 0) is 37.2 Å². The monoisotopic (exact) mass is 232 g/mol. The van der Waals surface area contributed by atoms with E-state index in [1.165, 1.54) is 11.1 Å². The van der Waals surface area contributed by atoms with Crippen LogP contribution in [-0.4, -0.2) is 19.5 Å². The van der Waals surface area contributed by atoms with Crippen LogP contribution in [0, 0.1) is 12.8 Å². The van der Waals surface area contributed by atoms with Gasteiger partial charge >= 0.3 is 0 Å². The van der Waals surface area contributed by atoms with Crippen LogP contribution < -0.4 is 0 Å². The smallest absolute Gasteiger partial charge is 0.120 e. The molecule has 0 bridgehead atoms. The lowest BCUT2D eigenvalue weighted by Crippen LogP contribution is -2.22. The quantitative estimate of drug-likeness (QED) is 0.746. The maximum absolute atomic E-state index is 10.9. The van der Waals surface area contributed by atoms with Crippen LogP contribution in [0.3, 0.4) is 0 Å². The molecule has 1 aliphatic heterocycles. The minimum atomic E-state index is 0.372. The van der Waals surface area contributed by atoms with Gasteiger partial charge < -0.3 is 9.53 Å². The molecule has 0 aromatic heterocycles. The van der Waals surface area contributed by atoms with E-state index in [0.29, 0.717) is 18.3 Å². The molecule has 0 amide bonds. The lowest BCUT2D eigenvalue weighted by Gasteiger charge is -2.29. The standard InChI is InChI=1S/C15H20O2/c1-12-3-2-4-14(11-12)15(5-8-16)13-6-9-17-10-7-13/h2-4,8,11,13,15H,5-7,9-10H2,1H3. The van der Waals surface area contributed by atoms with Crippen molar-refractivity contribution in [3.63, 3.8) is 0 Å². The number of carbonyl (C=O) groups is 1. The van der Waals surface area contributed by atoms with Gasteiger partial charge in [0.25, 0.3) is 0 Å². The van der Waals surface area contributed by atoms with Gasteiger partial charge in [0.2, 0.25) is 0 Å². The van der Waals surface area contributed by atoms with E-state index in [1.54, 1.807) is 0 Å². The van der Waals surface area contributed by atoms with Gasteiger partial charge in [-0.3, -0.25) is 0 Å². The molecule has 1 fully saturated rings.